The summed E-state index contributed by atoms with van der Waals surface area (Å²) in [7, 11) is 0. The molecule has 16 heavy (non-hydrogen) atoms. The van der Waals surface area contributed by atoms with Gasteiger partial charge in [0.1, 0.15) is 0 Å². The fraction of sp³-hybridized carbons (Fsp3) is 0.500. The quantitative estimate of drug-likeness (QED) is 0.601. The van der Waals surface area contributed by atoms with Crippen LogP contribution in [0.5, 0.6) is 0 Å². The molecule has 2 heteroatoms. The van der Waals surface area contributed by atoms with E-state index in [1.165, 1.54) is 3.58 Å². The molecule has 0 spiro atoms. The van der Waals surface area contributed by atoms with Crippen LogP contribution >= 0.6 is 0 Å². The van der Waals surface area contributed by atoms with E-state index in [0.29, 0.717) is 0 Å². The molecule has 0 N–H and O–H groups in total. The van der Waals surface area contributed by atoms with Gasteiger partial charge in [-0.1, -0.05) is 0 Å². The van der Waals surface area contributed by atoms with Crippen LogP contribution in [0.1, 0.15) is 31.1 Å². The van der Waals surface area contributed by atoms with E-state index < -0.39 is 18.4 Å². The van der Waals surface area contributed by atoms with Crippen LogP contribution in [0, 0.1) is 5.41 Å². The summed E-state index contributed by atoms with van der Waals surface area (Å²) in [5.41, 5.74) is 0.672. The standard InChI is InChI=1S/C11H13O.3CH3.Sn/c1-11(2,3)10(12)9-7-5-4-6-8-9;;;;/h4-7H,1-3H3;3*1H3;. The van der Waals surface area contributed by atoms with Crippen molar-refractivity contribution in [2.24, 2.45) is 5.41 Å². The molecule has 0 aliphatic carbocycles. The predicted molar refractivity (Wildman–Crippen MR) is 73.2 cm³/mol. The van der Waals surface area contributed by atoms with Gasteiger partial charge in [0.2, 0.25) is 0 Å². The molecule has 0 amide bonds. The maximum atomic E-state index is 12.4. The third-order valence-electron chi connectivity index (χ3n) is 2.66. The van der Waals surface area contributed by atoms with Crippen LogP contribution in [0.4, 0.5) is 0 Å². The monoisotopic (exact) mass is 326 g/mol. The predicted octanol–water partition coefficient (Wildman–Crippen LogP) is 3.46. The number of Topliss-reactive ketones (excluding diaryl/α,β-unsaturated/α-hetero) is 1. The van der Waals surface area contributed by atoms with Gasteiger partial charge in [0, 0.05) is 0 Å². The van der Waals surface area contributed by atoms with Gasteiger partial charge in [-0.2, -0.15) is 0 Å². The van der Waals surface area contributed by atoms with Gasteiger partial charge >= 0.3 is 103 Å². The topological polar surface area (TPSA) is 17.1 Å². The van der Waals surface area contributed by atoms with Crippen molar-refractivity contribution in [3.8, 4) is 0 Å². The third-order valence-corrected chi connectivity index (χ3v) is 8.52. The molecule has 0 fully saturated rings. The van der Waals surface area contributed by atoms with Gasteiger partial charge in [0.25, 0.3) is 0 Å². The van der Waals surface area contributed by atoms with Crippen LogP contribution < -0.4 is 3.58 Å². The number of carbonyl (C=O) groups excluding carboxylic acids is 1. The summed E-state index contributed by atoms with van der Waals surface area (Å²) in [6.07, 6.45) is 0. The van der Waals surface area contributed by atoms with Crippen molar-refractivity contribution in [2.75, 3.05) is 0 Å². The van der Waals surface area contributed by atoms with Gasteiger partial charge in [-0.15, -0.1) is 0 Å². The van der Waals surface area contributed by atoms with E-state index in [1.54, 1.807) is 0 Å². The molecule has 0 aliphatic rings. The van der Waals surface area contributed by atoms with E-state index in [9.17, 15) is 4.79 Å². The van der Waals surface area contributed by atoms with Crippen molar-refractivity contribution in [2.45, 2.75) is 35.6 Å². The van der Waals surface area contributed by atoms with Crippen LogP contribution in [0.25, 0.3) is 0 Å². The van der Waals surface area contributed by atoms with Crippen molar-refractivity contribution in [3.05, 3.63) is 29.8 Å². The Morgan fingerprint density at radius 2 is 1.56 bits per heavy atom. The number of ketones is 1. The van der Waals surface area contributed by atoms with Crippen molar-refractivity contribution in [3.63, 3.8) is 0 Å². The van der Waals surface area contributed by atoms with Crippen LogP contribution in [0.15, 0.2) is 24.3 Å². The van der Waals surface area contributed by atoms with E-state index in [4.69, 9.17) is 0 Å². The number of carbonyl (C=O) groups is 1. The molecule has 0 unspecified atom stereocenters. The zero-order chi connectivity index (χ0) is 12.6. The van der Waals surface area contributed by atoms with Crippen LogP contribution in [-0.2, 0) is 0 Å². The Hall–Kier alpha value is -0.311. The summed E-state index contributed by atoms with van der Waals surface area (Å²) in [5.74, 6) is 0.273. The Kier molecular flexibility index (Phi) is 3.88. The Labute approximate surface area is 103 Å². The molecular formula is C14H22OSn. The first-order valence-corrected chi connectivity index (χ1v) is 15.8. The summed E-state index contributed by atoms with van der Waals surface area (Å²) < 4.78 is 1.34. The van der Waals surface area contributed by atoms with Crippen LogP contribution in [0.2, 0.25) is 14.8 Å². The molecule has 0 heterocycles. The van der Waals surface area contributed by atoms with E-state index in [1.807, 2.05) is 32.9 Å². The fourth-order valence-corrected chi connectivity index (χ4v) is 6.31. The van der Waals surface area contributed by atoms with Gasteiger partial charge in [0.15, 0.2) is 0 Å². The summed E-state index contributed by atoms with van der Waals surface area (Å²) in [6, 6.07) is 8.16. The molecule has 0 bridgehead atoms. The Morgan fingerprint density at radius 1 is 1.06 bits per heavy atom. The molecule has 0 aliphatic heterocycles. The molecular weight excluding hydrogens is 303 g/mol. The molecule has 0 radical (unpaired) electrons. The minimum absolute atomic E-state index is 0.273. The number of hydrogen-bond donors (Lipinski definition) is 0. The van der Waals surface area contributed by atoms with Gasteiger partial charge < -0.3 is 0 Å². The van der Waals surface area contributed by atoms with E-state index in [0.717, 1.165) is 5.56 Å². The van der Waals surface area contributed by atoms with Gasteiger partial charge in [0.05, 0.1) is 0 Å². The molecule has 0 atom stereocenters. The van der Waals surface area contributed by atoms with Gasteiger partial charge in [-0.25, -0.2) is 0 Å². The number of rotatable bonds is 2. The summed E-state index contributed by atoms with van der Waals surface area (Å²) in [6.45, 7) is 5.97. The number of hydrogen-bond acceptors (Lipinski definition) is 1. The molecule has 0 saturated carbocycles. The summed E-state index contributed by atoms with van der Waals surface area (Å²) in [4.78, 5) is 19.4. The Bertz CT molecular complexity index is 394. The second-order valence-corrected chi connectivity index (χ2v) is 20.8. The molecule has 0 saturated heterocycles. The zero-order valence-corrected chi connectivity index (χ0v) is 14.1. The van der Waals surface area contributed by atoms with E-state index in [2.05, 4.69) is 27.0 Å². The first kappa shape index (κ1) is 13.8. The first-order chi connectivity index (χ1) is 7.14. The zero-order valence-electron chi connectivity index (χ0n) is 11.2. The molecule has 1 aromatic carbocycles. The fourth-order valence-electron chi connectivity index (χ4n) is 1.74. The first-order valence-electron chi connectivity index (χ1n) is 5.78. The second kappa shape index (κ2) is 4.52. The molecule has 1 nitrogen and oxygen atoms in total. The molecule has 1 rings (SSSR count). The summed E-state index contributed by atoms with van der Waals surface area (Å²) in [5, 5.41) is 0. The van der Waals surface area contributed by atoms with Crippen LogP contribution in [-0.4, -0.2) is 24.2 Å². The van der Waals surface area contributed by atoms with Crippen LogP contribution in [0.3, 0.4) is 0 Å². The Balaban J connectivity index is 3.31. The Morgan fingerprint density at radius 3 is 2.00 bits per heavy atom. The van der Waals surface area contributed by atoms with Gasteiger partial charge in [-0.05, 0) is 0 Å². The maximum absolute atomic E-state index is 12.4. The summed E-state index contributed by atoms with van der Waals surface area (Å²) >= 11 is -2.18. The average Bonchev–Trinajstić information content (AvgIpc) is 2.14. The second-order valence-electron chi connectivity index (χ2n) is 6.37. The van der Waals surface area contributed by atoms with Crippen molar-refractivity contribution in [1.82, 2.24) is 0 Å². The van der Waals surface area contributed by atoms with E-state index in [-0.39, 0.29) is 11.2 Å². The normalized spacial score (nSPS) is 12.6. The minimum atomic E-state index is -2.18. The van der Waals surface area contributed by atoms with Crippen molar-refractivity contribution < 1.29 is 4.79 Å². The van der Waals surface area contributed by atoms with Crippen molar-refractivity contribution in [1.29, 1.82) is 0 Å². The average molecular weight is 325 g/mol. The molecule has 1 aromatic rings. The van der Waals surface area contributed by atoms with E-state index >= 15 is 0 Å². The molecule has 88 valence electrons. The van der Waals surface area contributed by atoms with Gasteiger partial charge in [-0.3, -0.25) is 0 Å². The molecule has 0 aromatic heterocycles. The SMILES string of the molecule is CC(C)(C)C(=O)c1cccc[c]1[Sn]([CH3])([CH3])[CH3]. The number of benzene rings is 1. The van der Waals surface area contributed by atoms with Crippen molar-refractivity contribution >= 4 is 27.7 Å². The third kappa shape index (κ3) is 3.09.